The van der Waals surface area contributed by atoms with Crippen molar-refractivity contribution in [2.24, 2.45) is 5.92 Å². The Bertz CT molecular complexity index is 575. The summed E-state index contributed by atoms with van der Waals surface area (Å²) in [6.45, 7) is 2.63. The predicted molar refractivity (Wildman–Crippen MR) is 85.8 cm³/mol. The number of nitrogens with zero attached hydrogens (tertiary/aromatic N) is 1. The Hall–Kier alpha value is -2.37. The topological polar surface area (TPSA) is 75.7 Å². The average Bonchev–Trinajstić information content (AvgIpc) is 2.55. The second-order valence-corrected chi connectivity index (χ2v) is 5.73. The van der Waals surface area contributed by atoms with Gasteiger partial charge in [-0.25, -0.2) is 0 Å². The number of anilines is 1. The SMILES string of the molecule is COC(=O)C1CCN(C(=O)Cc2ccc(NC(C)=O)cc2)CC1. The van der Waals surface area contributed by atoms with Gasteiger partial charge in [0.25, 0.3) is 0 Å². The molecule has 0 radical (unpaired) electrons. The lowest BCUT2D eigenvalue weighted by Gasteiger charge is -2.30. The van der Waals surface area contributed by atoms with Crippen molar-refractivity contribution < 1.29 is 19.1 Å². The minimum atomic E-state index is -0.189. The van der Waals surface area contributed by atoms with Gasteiger partial charge in [-0.15, -0.1) is 0 Å². The van der Waals surface area contributed by atoms with Crippen LogP contribution in [-0.4, -0.2) is 42.9 Å². The third-order valence-corrected chi connectivity index (χ3v) is 4.01. The van der Waals surface area contributed by atoms with Gasteiger partial charge in [-0.3, -0.25) is 14.4 Å². The predicted octanol–water partition coefficient (Wildman–Crippen LogP) is 1.60. The maximum Gasteiger partial charge on any atom is 0.308 e. The molecule has 0 unspecified atom stereocenters. The molecule has 0 aliphatic carbocycles. The molecule has 0 bridgehead atoms. The third kappa shape index (κ3) is 4.81. The van der Waals surface area contributed by atoms with E-state index in [9.17, 15) is 14.4 Å². The first-order valence-electron chi connectivity index (χ1n) is 7.71. The number of ether oxygens (including phenoxy) is 1. The van der Waals surface area contributed by atoms with Crippen LogP contribution in [0.2, 0.25) is 0 Å². The molecule has 1 saturated heterocycles. The summed E-state index contributed by atoms with van der Waals surface area (Å²) < 4.78 is 4.75. The molecular weight excluding hydrogens is 296 g/mol. The zero-order chi connectivity index (χ0) is 16.8. The lowest BCUT2D eigenvalue weighted by atomic mass is 9.96. The fourth-order valence-electron chi connectivity index (χ4n) is 2.73. The standard InChI is InChI=1S/C17H22N2O4/c1-12(20)18-15-5-3-13(4-6-15)11-16(21)19-9-7-14(8-10-19)17(22)23-2/h3-6,14H,7-11H2,1-2H3,(H,18,20). The van der Waals surface area contributed by atoms with Crippen LogP contribution in [0.3, 0.4) is 0 Å². The van der Waals surface area contributed by atoms with Crippen molar-refractivity contribution in [3.63, 3.8) is 0 Å². The molecule has 2 amide bonds. The van der Waals surface area contributed by atoms with Crippen molar-refractivity contribution >= 4 is 23.5 Å². The molecule has 0 aromatic heterocycles. The molecule has 23 heavy (non-hydrogen) atoms. The second-order valence-electron chi connectivity index (χ2n) is 5.73. The number of carbonyl (C=O) groups is 3. The fraction of sp³-hybridized carbons (Fsp3) is 0.471. The van der Waals surface area contributed by atoms with Gasteiger partial charge in [-0.2, -0.15) is 0 Å². The molecule has 1 aliphatic rings. The molecule has 1 aromatic rings. The lowest BCUT2D eigenvalue weighted by Crippen LogP contribution is -2.41. The van der Waals surface area contributed by atoms with Gasteiger partial charge in [0.05, 0.1) is 19.4 Å². The summed E-state index contributed by atoms with van der Waals surface area (Å²) in [6, 6.07) is 7.25. The summed E-state index contributed by atoms with van der Waals surface area (Å²) in [5, 5.41) is 2.69. The number of esters is 1. The first-order chi connectivity index (χ1) is 11.0. The van der Waals surface area contributed by atoms with Crippen LogP contribution in [0.15, 0.2) is 24.3 Å². The number of benzene rings is 1. The Morgan fingerprint density at radius 1 is 1.17 bits per heavy atom. The normalized spacial score (nSPS) is 15.1. The van der Waals surface area contributed by atoms with Crippen molar-refractivity contribution in [3.8, 4) is 0 Å². The molecule has 1 fully saturated rings. The zero-order valence-electron chi connectivity index (χ0n) is 13.5. The van der Waals surface area contributed by atoms with E-state index in [0.717, 1.165) is 5.56 Å². The number of nitrogens with one attached hydrogen (secondary N) is 1. The van der Waals surface area contributed by atoms with Gasteiger partial charge < -0.3 is 15.0 Å². The van der Waals surface area contributed by atoms with E-state index in [1.165, 1.54) is 14.0 Å². The largest absolute Gasteiger partial charge is 0.469 e. The molecule has 0 atom stereocenters. The van der Waals surface area contributed by atoms with Gasteiger partial charge in [-0.05, 0) is 30.5 Å². The minimum Gasteiger partial charge on any atom is -0.469 e. The van der Waals surface area contributed by atoms with Crippen LogP contribution >= 0.6 is 0 Å². The van der Waals surface area contributed by atoms with Crippen molar-refractivity contribution in [2.45, 2.75) is 26.2 Å². The summed E-state index contributed by atoms with van der Waals surface area (Å²) in [5.41, 5.74) is 1.62. The maximum atomic E-state index is 12.3. The van der Waals surface area contributed by atoms with Crippen LogP contribution in [0.5, 0.6) is 0 Å². The van der Waals surface area contributed by atoms with E-state index in [1.807, 2.05) is 12.1 Å². The number of amides is 2. The van der Waals surface area contributed by atoms with Gasteiger partial charge >= 0.3 is 5.97 Å². The Balaban J connectivity index is 1.85. The van der Waals surface area contributed by atoms with Crippen LogP contribution < -0.4 is 5.32 Å². The summed E-state index contributed by atoms with van der Waals surface area (Å²) >= 11 is 0. The Morgan fingerprint density at radius 2 is 1.78 bits per heavy atom. The Labute approximate surface area is 135 Å². The van der Waals surface area contributed by atoms with E-state index < -0.39 is 0 Å². The molecule has 2 rings (SSSR count). The zero-order valence-corrected chi connectivity index (χ0v) is 13.5. The van der Waals surface area contributed by atoms with Gasteiger partial charge in [-0.1, -0.05) is 12.1 Å². The van der Waals surface area contributed by atoms with Crippen molar-refractivity contribution in [2.75, 3.05) is 25.5 Å². The first-order valence-corrected chi connectivity index (χ1v) is 7.71. The highest BCUT2D eigenvalue weighted by molar-refractivity contribution is 5.88. The Morgan fingerprint density at radius 3 is 2.30 bits per heavy atom. The Kier molecular flexibility index (Phi) is 5.73. The molecule has 1 heterocycles. The molecule has 1 aromatic carbocycles. The number of methoxy groups -OCH3 is 1. The van der Waals surface area contributed by atoms with Gasteiger partial charge in [0.2, 0.25) is 11.8 Å². The number of hydrogen-bond donors (Lipinski definition) is 1. The van der Waals surface area contributed by atoms with E-state index in [4.69, 9.17) is 4.74 Å². The molecule has 1 N–H and O–H groups in total. The fourth-order valence-corrected chi connectivity index (χ4v) is 2.73. The van der Waals surface area contributed by atoms with E-state index in [0.29, 0.717) is 38.0 Å². The van der Waals surface area contributed by atoms with Crippen molar-refractivity contribution in [3.05, 3.63) is 29.8 Å². The molecule has 0 spiro atoms. The number of carbonyl (C=O) groups excluding carboxylic acids is 3. The molecule has 124 valence electrons. The highest BCUT2D eigenvalue weighted by Crippen LogP contribution is 2.19. The number of hydrogen-bond acceptors (Lipinski definition) is 4. The summed E-state index contributed by atoms with van der Waals surface area (Å²) in [4.78, 5) is 36.6. The van der Waals surface area contributed by atoms with Gasteiger partial charge in [0.15, 0.2) is 0 Å². The maximum absolute atomic E-state index is 12.3. The number of rotatable bonds is 4. The van der Waals surface area contributed by atoms with Crippen LogP contribution in [0.25, 0.3) is 0 Å². The summed E-state index contributed by atoms with van der Waals surface area (Å²) in [6.07, 6.45) is 1.63. The van der Waals surface area contributed by atoms with E-state index in [-0.39, 0.29) is 23.7 Å². The average molecular weight is 318 g/mol. The highest BCUT2D eigenvalue weighted by atomic mass is 16.5. The molecule has 6 nitrogen and oxygen atoms in total. The number of likely N-dealkylation sites (tertiary alicyclic amines) is 1. The summed E-state index contributed by atoms with van der Waals surface area (Å²) in [7, 11) is 1.39. The van der Waals surface area contributed by atoms with Crippen LogP contribution in [0.1, 0.15) is 25.3 Å². The molecule has 0 saturated carbocycles. The minimum absolute atomic E-state index is 0.0561. The quantitative estimate of drug-likeness (QED) is 0.856. The molecule has 6 heteroatoms. The van der Waals surface area contributed by atoms with Gasteiger partial charge in [0, 0.05) is 25.7 Å². The third-order valence-electron chi connectivity index (χ3n) is 4.01. The van der Waals surface area contributed by atoms with Gasteiger partial charge in [0.1, 0.15) is 0 Å². The monoisotopic (exact) mass is 318 g/mol. The van der Waals surface area contributed by atoms with E-state index in [2.05, 4.69) is 5.32 Å². The van der Waals surface area contributed by atoms with Crippen molar-refractivity contribution in [1.82, 2.24) is 4.90 Å². The molecular formula is C17H22N2O4. The smallest absolute Gasteiger partial charge is 0.308 e. The van der Waals surface area contributed by atoms with Crippen LogP contribution in [0, 0.1) is 5.92 Å². The van der Waals surface area contributed by atoms with Crippen LogP contribution in [-0.2, 0) is 25.5 Å². The highest BCUT2D eigenvalue weighted by Gasteiger charge is 2.27. The lowest BCUT2D eigenvalue weighted by molar-refractivity contribution is -0.148. The van der Waals surface area contributed by atoms with E-state index >= 15 is 0 Å². The van der Waals surface area contributed by atoms with Crippen molar-refractivity contribution in [1.29, 1.82) is 0 Å². The molecule has 1 aliphatic heterocycles. The number of piperidine rings is 1. The first kappa shape index (κ1) is 17.0. The van der Waals surface area contributed by atoms with E-state index in [1.54, 1.807) is 17.0 Å². The van der Waals surface area contributed by atoms with Crippen LogP contribution in [0.4, 0.5) is 5.69 Å². The second kappa shape index (κ2) is 7.76. The summed E-state index contributed by atoms with van der Waals surface area (Å²) in [5.74, 6) is -0.352.